The predicted octanol–water partition coefficient (Wildman–Crippen LogP) is -7.72. The number of carbonyl (C=O) groups excluding carboxylic acids is 2. The Bertz CT molecular complexity index is 515. The van der Waals surface area contributed by atoms with Crippen molar-refractivity contribution in [1.29, 1.82) is 0 Å². The van der Waals surface area contributed by atoms with E-state index < -0.39 is 45.6 Å². The van der Waals surface area contributed by atoms with Crippen LogP contribution in [0.5, 0.6) is 0 Å². The third-order valence-corrected chi connectivity index (χ3v) is 4.19. The zero-order chi connectivity index (χ0) is 15.4. The van der Waals surface area contributed by atoms with Crippen LogP contribution in [0.2, 0.25) is 0 Å². The monoisotopic (exact) mass is 368 g/mol. The van der Waals surface area contributed by atoms with Crippen molar-refractivity contribution < 1.29 is 136 Å². The molecule has 1 N–H and O–H groups in total. The molecule has 10 heteroatoms. The average Bonchev–Trinajstić information content (AvgIpc) is 2.20. The fraction of sp³-hybridized carbons (Fsp3) is 0.455. The van der Waals surface area contributed by atoms with Gasteiger partial charge in [0.2, 0.25) is 0 Å². The topological polar surface area (TPSA) is 135 Å². The minimum Gasteiger partial charge on any atom is -0.550 e. The maximum atomic E-state index is 11.4. The van der Waals surface area contributed by atoms with Crippen LogP contribution in [0.25, 0.3) is 0 Å². The molecule has 0 spiro atoms. The van der Waals surface area contributed by atoms with Gasteiger partial charge in [-0.2, -0.15) is 8.42 Å². The van der Waals surface area contributed by atoms with E-state index in [1.807, 2.05) is 0 Å². The number of rotatable bonds is 8. The zero-order valence-corrected chi connectivity index (χ0v) is 19.4. The maximum Gasteiger partial charge on any atom is 1.00 e. The van der Waals surface area contributed by atoms with Gasteiger partial charge in [0, 0.05) is 11.9 Å². The summed E-state index contributed by atoms with van der Waals surface area (Å²) in [6.07, 6.45) is -0.456. The average molecular weight is 368 g/mol. The second kappa shape index (κ2) is 11.2. The minimum absolute atomic E-state index is 0. The molecular weight excluding hydrogens is 354 g/mol. The van der Waals surface area contributed by atoms with E-state index in [-0.39, 0.29) is 108 Å². The molecule has 0 amide bonds. The molecule has 0 saturated carbocycles. The number of carboxylic acids is 2. The molecule has 2 unspecified atom stereocenters. The van der Waals surface area contributed by atoms with E-state index in [9.17, 15) is 28.2 Å². The van der Waals surface area contributed by atoms with Gasteiger partial charge in [-0.3, -0.25) is 4.55 Å². The van der Waals surface area contributed by atoms with E-state index >= 15 is 0 Å². The SMILES string of the molecule is C=CCC(C(=O)[O-])(C(CC(=C)C)C(=O)[O-])S(=O)(=O)O.[K+].[K+]. The van der Waals surface area contributed by atoms with Crippen LogP contribution < -0.4 is 113 Å². The maximum absolute atomic E-state index is 11.4. The normalized spacial score (nSPS) is 14.6. The van der Waals surface area contributed by atoms with Crippen molar-refractivity contribution in [3.63, 3.8) is 0 Å². The first-order chi connectivity index (χ1) is 8.50. The molecule has 0 aliphatic heterocycles. The van der Waals surface area contributed by atoms with E-state index in [1.165, 1.54) is 6.92 Å². The van der Waals surface area contributed by atoms with Crippen LogP contribution in [-0.2, 0) is 19.7 Å². The summed E-state index contributed by atoms with van der Waals surface area (Å²) >= 11 is 0. The standard InChI is InChI=1S/C11H16O7S.2K/c1-4-5-11(10(14)15,19(16,17)18)8(9(12)13)6-7(2)3;;/h4,8H,1-2,5-6H2,3H3,(H,12,13)(H,14,15)(H,16,17,18);;/q;2*+1/p-2. The molecule has 0 saturated heterocycles. The number of carbonyl (C=O) groups is 2. The van der Waals surface area contributed by atoms with Crippen LogP contribution in [0, 0.1) is 5.92 Å². The van der Waals surface area contributed by atoms with Crippen molar-refractivity contribution in [3.8, 4) is 0 Å². The van der Waals surface area contributed by atoms with Crippen LogP contribution in [0.1, 0.15) is 19.8 Å². The van der Waals surface area contributed by atoms with Gasteiger partial charge in [0.1, 0.15) is 4.75 Å². The molecule has 0 aromatic carbocycles. The second-order valence-corrected chi connectivity index (χ2v) is 5.86. The summed E-state index contributed by atoms with van der Waals surface area (Å²) in [4.78, 5) is 22.2. The van der Waals surface area contributed by atoms with Gasteiger partial charge >= 0.3 is 103 Å². The van der Waals surface area contributed by atoms with Gasteiger partial charge in [-0.1, -0.05) is 11.6 Å². The first kappa shape index (κ1) is 27.5. The fourth-order valence-electron chi connectivity index (χ4n) is 1.76. The van der Waals surface area contributed by atoms with E-state index in [1.54, 1.807) is 0 Å². The molecule has 0 rings (SSSR count). The first-order valence-corrected chi connectivity index (χ1v) is 6.59. The molecule has 0 radical (unpaired) electrons. The summed E-state index contributed by atoms with van der Waals surface area (Å²) in [5.41, 5.74) is 0.215. The minimum atomic E-state index is -5.27. The second-order valence-electron chi connectivity index (χ2n) is 4.18. The summed E-state index contributed by atoms with van der Waals surface area (Å²) in [5, 5.41) is 22.2. The van der Waals surface area contributed by atoms with E-state index in [2.05, 4.69) is 13.2 Å². The molecule has 0 heterocycles. The molecular formula is C11H14K2O7S. The first-order valence-electron chi connectivity index (χ1n) is 5.15. The molecule has 0 aliphatic carbocycles. The molecule has 21 heavy (non-hydrogen) atoms. The van der Waals surface area contributed by atoms with Gasteiger partial charge in [0.05, 0.1) is 5.97 Å². The number of aliphatic carboxylic acids is 2. The van der Waals surface area contributed by atoms with Crippen molar-refractivity contribution in [2.24, 2.45) is 5.92 Å². The van der Waals surface area contributed by atoms with Gasteiger partial charge in [0.25, 0.3) is 10.1 Å². The Morgan fingerprint density at radius 1 is 1.33 bits per heavy atom. The fourth-order valence-corrected chi connectivity index (χ4v) is 2.84. The van der Waals surface area contributed by atoms with E-state index in [0.29, 0.717) is 0 Å². The Morgan fingerprint density at radius 2 is 1.76 bits per heavy atom. The smallest absolute Gasteiger partial charge is 0.550 e. The van der Waals surface area contributed by atoms with Gasteiger partial charge in [-0.25, -0.2) is 0 Å². The van der Waals surface area contributed by atoms with Crippen molar-refractivity contribution in [3.05, 3.63) is 24.8 Å². The number of hydrogen-bond acceptors (Lipinski definition) is 6. The third kappa shape index (κ3) is 6.93. The van der Waals surface area contributed by atoms with Crippen LogP contribution in [0.15, 0.2) is 24.8 Å². The van der Waals surface area contributed by atoms with Gasteiger partial charge in [-0.05, 0) is 19.8 Å². The van der Waals surface area contributed by atoms with E-state index in [0.717, 1.165) is 6.08 Å². The molecule has 7 nitrogen and oxygen atoms in total. The van der Waals surface area contributed by atoms with Crippen LogP contribution >= 0.6 is 0 Å². The van der Waals surface area contributed by atoms with Crippen LogP contribution in [0.4, 0.5) is 0 Å². The van der Waals surface area contributed by atoms with Crippen molar-refractivity contribution in [2.75, 3.05) is 0 Å². The molecule has 0 aromatic rings. The predicted molar refractivity (Wildman–Crippen MR) is 62.0 cm³/mol. The Hall–Kier alpha value is 1.60. The van der Waals surface area contributed by atoms with Crippen LogP contribution in [0.3, 0.4) is 0 Å². The van der Waals surface area contributed by atoms with E-state index in [4.69, 9.17) is 4.55 Å². The summed E-state index contributed by atoms with van der Waals surface area (Å²) in [6.45, 7) is 7.93. The molecule has 108 valence electrons. The quantitative estimate of drug-likeness (QED) is 0.255. The molecule has 0 fully saturated rings. The van der Waals surface area contributed by atoms with Crippen molar-refractivity contribution in [1.82, 2.24) is 0 Å². The molecule has 0 bridgehead atoms. The Balaban J connectivity index is -0.00000162. The third-order valence-electron chi connectivity index (χ3n) is 2.65. The summed E-state index contributed by atoms with van der Waals surface area (Å²) in [7, 11) is -5.27. The van der Waals surface area contributed by atoms with Crippen molar-refractivity contribution in [2.45, 2.75) is 24.5 Å². The summed E-state index contributed by atoms with van der Waals surface area (Å²) in [5.74, 6) is -6.21. The van der Waals surface area contributed by atoms with Gasteiger partial charge in [0.15, 0.2) is 0 Å². The largest absolute Gasteiger partial charge is 1.00 e. The zero-order valence-electron chi connectivity index (χ0n) is 12.3. The number of carboxylic acid groups (broad SMARTS) is 2. The van der Waals surface area contributed by atoms with Crippen molar-refractivity contribution >= 4 is 22.1 Å². The van der Waals surface area contributed by atoms with Gasteiger partial charge in [-0.15, -0.1) is 13.2 Å². The molecule has 2 atom stereocenters. The summed E-state index contributed by atoms with van der Waals surface area (Å²) in [6, 6.07) is 0. The number of hydrogen-bond donors (Lipinski definition) is 1. The summed E-state index contributed by atoms with van der Waals surface area (Å²) < 4.78 is 28.9. The Morgan fingerprint density at radius 3 is 1.95 bits per heavy atom. The molecule has 0 aliphatic rings. The van der Waals surface area contributed by atoms with Gasteiger partial charge < -0.3 is 19.8 Å². The number of allylic oxidation sites excluding steroid dienone is 2. The Kier molecular flexibility index (Phi) is 14.7. The van der Waals surface area contributed by atoms with Crippen LogP contribution in [-0.4, -0.2) is 29.7 Å². The molecule has 0 aromatic heterocycles. The Labute approximate surface area is 208 Å².